The van der Waals surface area contributed by atoms with Gasteiger partial charge in [-0.15, -0.1) is 11.3 Å². The minimum atomic E-state index is -0.449. The zero-order valence-corrected chi connectivity index (χ0v) is 19.0. The molecular weight excluding hydrogens is 500 g/mol. The number of amides is 1. The molecule has 0 spiro atoms. The van der Waals surface area contributed by atoms with Gasteiger partial charge in [0.2, 0.25) is 0 Å². The molecule has 1 amide bonds. The van der Waals surface area contributed by atoms with Crippen LogP contribution in [-0.4, -0.2) is 18.1 Å². The molecule has 0 fully saturated rings. The number of esters is 1. The van der Waals surface area contributed by atoms with Crippen LogP contribution in [0.4, 0.5) is 0 Å². The van der Waals surface area contributed by atoms with Crippen molar-refractivity contribution < 1.29 is 14.3 Å². The molecule has 3 aromatic carbocycles. The quantitative estimate of drug-likeness (QED) is 0.147. The van der Waals surface area contributed by atoms with E-state index in [4.69, 9.17) is 16.3 Å². The molecule has 5 nitrogen and oxygen atoms in total. The van der Waals surface area contributed by atoms with Crippen LogP contribution >= 0.6 is 38.9 Å². The van der Waals surface area contributed by atoms with Gasteiger partial charge in [-0.25, -0.2) is 10.2 Å². The number of halogens is 2. The van der Waals surface area contributed by atoms with Crippen LogP contribution in [0.25, 0.3) is 10.1 Å². The van der Waals surface area contributed by atoms with E-state index in [2.05, 4.69) is 26.5 Å². The lowest BCUT2D eigenvalue weighted by Gasteiger charge is -2.05. The summed E-state index contributed by atoms with van der Waals surface area (Å²) in [6.45, 7) is 0. The van der Waals surface area contributed by atoms with E-state index in [0.29, 0.717) is 21.2 Å². The van der Waals surface area contributed by atoms with Crippen molar-refractivity contribution >= 4 is 67.0 Å². The molecular formula is C23H14BrClN2O3S. The van der Waals surface area contributed by atoms with Crippen molar-refractivity contribution in [3.8, 4) is 5.75 Å². The lowest BCUT2D eigenvalue weighted by atomic mass is 10.2. The molecule has 0 atom stereocenters. The summed E-state index contributed by atoms with van der Waals surface area (Å²) >= 11 is 11.0. The highest BCUT2D eigenvalue weighted by Crippen LogP contribution is 2.34. The smallest absolute Gasteiger partial charge is 0.343 e. The van der Waals surface area contributed by atoms with E-state index in [0.717, 1.165) is 20.1 Å². The number of thiophene rings is 1. The van der Waals surface area contributed by atoms with Crippen molar-refractivity contribution in [1.82, 2.24) is 5.43 Å². The molecule has 1 N–H and O–H groups in total. The van der Waals surface area contributed by atoms with Gasteiger partial charge in [-0.1, -0.05) is 51.8 Å². The van der Waals surface area contributed by atoms with E-state index in [1.165, 1.54) is 17.6 Å². The van der Waals surface area contributed by atoms with Crippen LogP contribution in [0, 0.1) is 0 Å². The number of hydrogen-bond donors (Lipinski definition) is 1. The van der Waals surface area contributed by atoms with Crippen LogP contribution in [0.5, 0.6) is 5.75 Å². The SMILES string of the molecule is O=C(Oc1ccc(C=NNC(=O)c2sc3ccccc3c2Cl)cc1)c1cccc(Br)c1. The summed E-state index contributed by atoms with van der Waals surface area (Å²) in [6, 6.07) is 21.3. The first kappa shape index (κ1) is 21.2. The molecule has 1 heterocycles. The molecule has 0 saturated heterocycles. The van der Waals surface area contributed by atoms with E-state index >= 15 is 0 Å². The molecule has 0 bridgehead atoms. The molecule has 4 aromatic rings. The average molecular weight is 514 g/mol. The maximum atomic E-state index is 12.4. The van der Waals surface area contributed by atoms with Gasteiger partial charge in [0.1, 0.15) is 10.6 Å². The van der Waals surface area contributed by atoms with Crippen molar-refractivity contribution in [2.45, 2.75) is 0 Å². The number of nitrogens with zero attached hydrogens (tertiary/aromatic N) is 1. The predicted octanol–water partition coefficient (Wildman–Crippen LogP) is 6.30. The van der Waals surface area contributed by atoms with Crippen molar-refractivity contribution in [2.24, 2.45) is 5.10 Å². The first-order valence-corrected chi connectivity index (χ1v) is 11.1. The van der Waals surface area contributed by atoms with Gasteiger partial charge in [0.25, 0.3) is 5.91 Å². The normalized spacial score (nSPS) is 11.0. The second-order valence-corrected chi connectivity index (χ2v) is 8.76. The van der Waals surface area contributed by atoms with Gasteiger partial charge in [0.05, 0.1) is 16.8 Å². The van der Waals surface area contributed by atoms with Gasteiger partial charge in [0, 0.05) is 14.6 Å². The zero-order chi connectivity index (χ0) is 21.8. The van der Waals surface area contributed by atoms with Crippen LogP contribution in [0.15, 0.2) is 82.4 Å². The average Bonchev–Trinajstić information content (AvgIpc) is 3.12. The van der Waals surface area contributed by atoms with Crippen LogP contribution in [0.2, 0.25) is 5.02 Å². The Kier molecular flexibility index (Phi) is 6.46. The Morgan fingerprint density at radius 3 is 2.55 bits per heavy atom. The Hall–Kier alpha value is -3.00. The molecule has 31 heavy (non-hydrogen) atoms. The van der Waals surface area contributed by atoms with Gasteiger partial charge < -0.3 is 4.74 Å². The monoisotopic (exact) mass is 512 g/mol. The molecule has 4 rings (SSSR count). The maximum Gasteiger partial charge on any atom is 0.343 e. The zero-order valence-electron chi connectivity index (χ0n) is 15.8. The fraction of sp³-hybridized carbons (Fsp3) is 0. The van der Waals surface area contributed by atoms with E-state index in [1.54, 1.807) is 42.5 Å². The van der Waals surface area contributed by atoms with E-state index in [9.17, 15) is 9.59 Å². The molecule has 0 radical (unpaired) electrons. The number of hydrazone groups is 1. The number of fused-ring (bicyclic) bond motifs is 1. The van der Waals surface area contributed by atoms with Gasteiger partial charge in [0.15, 0.2) is 0 Å². The lowest BCUT2D eigenvalue weighted by Crippen LogP contribution is -2.16. The fourth-order valence-corrected chi connectivity index (χ4v) is 4.59. The molecule has 0 aliphatic rings. The molecule has 8 heteroatoms. The summed E-state index contributed by atoms with van der Waals surface area (Å²) in [5.74, 6) is -0.416. The van der Waals surface area contributed by atoms with E-state index in [-0.39, 0.29) is 5.91 Å². The molecule has 154 valence electrons. The molecule has 0 saturated carbocycles. The Morgan fingerprint density at radius 2 is 1.81 bits per heavy atom. The summed E-state index contributed by atoms with van der Waals surface area (Å²) < 4.78 is 7.10. The largest absolute Gasteiger partial charge is 0.423 e. The Morgan fingerprint density at radius 1 is 1.03 bits per heavy atom. The number of hydrogen-bond acceptors (Lipinski definition) is 5. The summed E-state index contributed by atoms with van der Waals surface area (Å²) in [5, 5.41) is 5.25. The van der Waals surface area contributed by atoms with Crippen molar-refractivity contribution in [1.29, 1.82) is 0 Å². The second-order valence-electron chi connectivity index (χ2n) is 6.41. The highest BCUT2D eigenvalue weighted by Gasteiger charge is 2.16. The van der Waals surface area contributed by atoms with Crippen LogP contribution in [0.3, 0.4) is 0 Å². The summed E-state index contributed by atoms with van der Waals surface area (Å²) in [4.78, 5) is 25.0. The molecule has 1 aromatic heterocycles. The topological polar surface area (TPSA) is 67.8 Å². The molecule has 0 aliphatic carbocycles. The predicted molar refractivity (Wildman–Crippen MR) is 127 cm³/mol. The molecule has 0 aliphatic heterocycles. The fourth-order valence-electron chi connectivity index (χ4n) is 2.78. The number of carbonyl (C=O) groups is 2. The lowest BCUT2D eigenvalue weighted by molar-refractivity contribution is 0.0734. The highest BCUT2D eigenvalue weighted by molar-refractivity contribution is 9.10. The van der Waals surface area contributed by atoms with Gasteiger partial charge in [-0.3, -0.25) is 4.79 Å². The number of rotatable bonds is 5. The first-order chi connectivity index (χ1) is 15.0. The minimum Gasteiger partial charge on any atom is -0.423 e. The van der Waals surface area contributed by atoms with Crippen molar-refractivity contribution in [3.63, 3.8) is 0 Å². The number of carbonyl (C=O) groups excluding carboxylic acids is 2. The third kappa shape index (κ3) is 5.02. The summed E-state index contributed by atoms with van der Waals surface area (Å²) in [5.41, 5.74) is 3.66. The van der Waals surface area contributed by atoms with E-state index in [1.807, 2.05) is 30.3 Å². The minimum absolute atomic E-state index is 0.373. The van der Waals surface area contributed by atoms with Crippen LogP contribution < -0.4 is 10.2 Å². The maximum absolute atomic E-state index is 12.4. The molecule has 0 unspecified atom stereocenters. The second kappa shape index (κ2) is 9.43. The Labute approximate surface area is 195 Å². The third-order valence-electron chi connectivity index (χ3n) is 4.27. The Balaban J connectivity index is 1.37. The van der Waals surface area contributed by atoms with Gasteiger partial charge >= 0.3 is 5.97 Å². The van der Waals surface area contributed by atoms with Gasteiger partial charge in [-0.2, -0.15) is 5.10 Å². The third-order valence-corrected chi connectivity index (χ3v) is 6.44. The van der Waals surface area contributed by atoms with Crippen molar-refractivity contribution in [3.05, 3.63) is 98.3 Å². The van der Waals surface area contributed by atoms with Crippen molar-refractivity contribution in [2.75, 3.05) is 0 Å². The Bertz CT molecular complexity index is 1300. The highest BCUT2D eigenvalue weighted by atomic mass is 79.9. The van der Waals surface area contributed by atoms with Crippen LogP contribution in [-0.2, 0) is 0 Å². The van der Waals surface area contributed by atoms with Gasteiger partial charge in [-0.05, 0) is 54.1 Å². The number of benzene rings is 3. The first-order valence-electron chi connectivity index (χ1n) is 9.09. The summed E-state index contributed by atoms with van der Waals surface area (Å²) in [6.07, 6.45) is 1.50. The summed E-state index contributed by atoms with van der Waals surface area (Å²) in [7, 11) is 0. The standard InChI is InChI=1S/C23H14BrClN2O3S/c24-16-5-3-4-15(12-16)23(29)30-17-10-8-14(9-11-17)13-26-27-22(28)21-20(25)18-6-1-2-7-19(18)31-21/h1-13H,(H,27,28). The number of ether oxygens (including phenoxy) is 1. The van der Waals surface area contributed by atoms with Crippen LogP contribution in [0.1, 0.15) is 25.6 Å². The van der Waals surface area contributed by atoms with E-state index < -0.39 is 5.97 Å². The number of nitrogens with one attached hydrogen (secondary N) is 1.